The van der Waals surface area contributed by atoms with Crippen molar-refractivity contribution in [3.05, 3.63) is 47.0 Å². The molecule has 7 nitrogen and oxygen atoms in total. The summed E-state index contributed by atoms with van der Waals surface area (Å²) in [6.07, 6.45) is -2.48. The predicted molar refractivity (Wildman–Crippen MR) is 113 cm³/mol. The minimum Gasteiger partial charge on any atom is -0.495 e. The van der Waals surface area contributed by atoms with E-state index in [4.69, 9.17) is 16.3 Å². The van der Waals surface area contributed by atoms with Crippen LogP contribution in [0.5, 0.6) is 5.75 Å². The van der Waals surface area contributed by atoms with E-state index >= 15 is 0 Å². The van der Waals surface area contributed by atoms with E-state index in [1.807, 2.05) is 0 Å². The third-order valence-corrected chi connectivity index (χ3v) is 8.68. The van der Waals surface area contributed by atoms with Crippen molar-refractivity contribution in [3.8, 4) is 5.75 Å². The molecule has 0 aliphatic carbocycles. The Balaban J connectivity index is 2.00. The molecule has 0 aromatic heterocycles. The number of hydrogen-bond acceptors (Lipinski definition) is 5. The van der Waals surface area contributed by atoms with Crippen LogP contribution in [0.2, 0.25) is 5.02 Å². The van der Waals surface area contributed by atoms with Crippen LogP contribution in [0, 0.1) is 0 Å². The Morgan fingerprint density at radius 1 is 0.969 bits per heavy atom. The highest BCUT2D eigenvalue weighted by atomic mass is 35.5. The average molecular weight is 513 g/mol. The zero-order chi connectivity index (χ0) is 23.7. The molecule has 3 rings (SSSR count). The second-order valence-electron chi connectivity index (χ2n) is 7.08. The number of ether oxygens (including phenoxy) is 1. The zero-order valence-electron chi connectivity index (χ0n) is 16.8. The number of nitrogens with zero attached hydrogens (tertiary/aromatic N) is 1. The molecule has 0 spiro atoms. The molecule has 1 aliphatic heterocycles. The molecule has 1 saturated heterocycles. The van der Waals surface area contributed by atoms with Gasteiger partial charge in [0.1, 0.15) is 15.5 Å². The van der Waals surface area contributed by atoms with Crippen LogP contribution in [-0.4, -0.2) is 41.3 Å². The molecule has 2 aromatic rings. The van der Waals surface area contributed by atoms with Crippen LogP contribution in [0.1, 0.15) is 24.8 Å². The normalized spacial score (nSPS) is 16.0. The first kappa shape index (κ1) is 24.6. The van der Waals surface area contributed by atoms with Gasteiger partial charge in [-0.15, -0.1) is 0 Å². The van der Waals surface area contributed by atoms with Gasteiger partial charge in [0.2, 0.25) is 10.0 Å². The largest absolute Gasteiger partial charge is 0.495 e. The topological polar surface area (TPSA) is 92.8 Å². The number of piperidine rings is 1. The van der Waals surface area contributed by atoms with E-state index < -0.39 is 41.7 Å². The molecule has 176 valence electrons. The van der Waals surface area contributed by atoms with Gasteiger partial charge in [-0.3, -0.25) is 4.72 Å². The van der Waals surface area contributed by atoms with E-state index in [1.54, 1.807) is 0 Å². The van der Waals surface area contributed by atoms with Gasteiger partial charge in [-0.05, 0) is 49.2 Å². The van der Waals surface area contributed by atoms with E-state index in [1.165, 1.54) is 23.5 Å². The maximum atomic E-state index is 13.1. The van der Waals surface area contributed by atoms with Crippen LogP contribution < -0.4 is 9.46 Å². The van der Waals surface area contributed by atoms with E-state index in [-0.39, 0.29) is 16.3 Å². The highest BCUT2D eigenvalue weighted by Crippen LogP contribution is 2.35. The fraction of sp³-hybridized carbons (Fsp3) is 0.368. The van der Waals surface area contributed by atoms with Crippen molar-refractivity contribution in [2.45, 2.75) is 35.2 Å². The second kappa shape index (κ2) is 9.08. The summed E-state index contributed by atoms with van der Waals surface area (Å²) in [5.74, 6) is 0.00984. The molecule has 1 aliphatic rings. The molecule has 1 N–H and O–H groups in total. The molecule has 0 amide bonds. The van der Waals surface area contributed by atoms with Crippen molar-refractivity contribution in [1.29, 1.82) is 0 Å². The number of halogens is 4. The Morgan fingerprint density at radius 2 is 1.62 bits per heavy atom. The molecule has 13 heteroatoms. The predicted octanol–water partition coefficient (Wildman–Crippen LogP) is 4.34. The molecule has 2 aromatic carbocycles. The first-order valence-corrected chi connectivity index (χ1v) is 12.7. The van der Waals surface area contributed by atoms with Gasteiger partial charge >= 0.3 is 6.18 Å². The number of rotatable bonds is 6. The van der Waals surface area contributed by atoms with Crippen LogP contribution >= 0.6 is 11.6 Å². The molecule has 0 saturated carbocycles. The van der Waals surface area contributed by atoms with Crippen LogP contribution in [0.3, 0.4) is 0 Å². The Morgan fingerprint density at radius 3 is 2.22 bits per heavy atom. The fourth-order valence-electron chi connectivity index (χ4n) is 3.28. The summed E-state index contributed by atoms with van der Waals surface area (Å²) >= 11 is 5.84. The molecular weight excluding hydrogens is 493 g/mol. The number of benzene rings is 2. The van der Waals surface area contributed by atoms with Crippen molar-refractivity contribution in [3.63, 3.8) is 0 Å². The minimum atomic E-state index is -4.77. The zero-order valence-corrected chi connectivity index (χ0v) is 19.2. The van der Waals surface area contributed by atoms with Gasteiger partial charge in [0.25, 0.3) is 10.0 Å². The van der Waals surface area contributed by atoms with Gasteiger partial charge in [-0.25, -0.2) is 16.8 Å². The van der Waals surface area contributed by atoms with E-state index in [0.717, 1.165) is 18.6 Å². The summed E-state index contributed by atoms with van der Waals surface area (Å²) in [6.45, 7) is 0.641. The highest BCUT2D eigenvalue weighted by Gasteiger charge is 2.33. The maximum Gasteiger partial charge on any atom is 0.416 e. The lowest BCUT2D eigenvalue weighted by molar-refractivity contribution is -0.137. The van der Waals surface area contributed by atoms with Crippen molar-refractivity contribution in [2.75, 3.05) is 24.9 Å². The van der Waals surface area contributed by atoms with Gasteiger partial charge in [0.05, 0.1) is 23.4 Å². The standard InChI is InChI=1S/C19H20ClF3N2O5S2/c1-30-16-8-6-14(12-18(16)32(28,29)25-9-3-2-4-10-25)24-31(26,27)17-11-13(19(21,22)23)5-7-15(17)20/h5-8,11-12,24H,2-4,9-10H2,1H3. The van der Waals surface area contributed by atoms with Gasteiger partial charge in [-0.1, -0.05) is 18.0 Å². The number of methoxy groups -OCH3 is 1. The number of alkyl halides is 3. The quantitative estimate of drug-likeness (QED) is 0.621. The molecular formula is C19H20ClF3N2O5S2. The van der Waals surface area contributed by atoms with Crippen molar-refractivity contribution in [1.82, 2.24) is 4.31 Å². The number of anilines is 1. The summed E-state index contributed by atoms with van der Waals surface area (Å²) in [6, 6.07) is 5.49. The Bertz CT molecular complexity index is 1210. The Labute approximate surface area is 189 Å². The van der Waals surface area contributed by atoms with Gasteiger partial charge in [0, 0.05) is 13.1 Å². The SMILES string of the molecule is COc1ccc(NS(=O)(=O)c2cc(C(F)(F)F)ccc2Cl)cc1S(=O)(=O)N1CCCCC1. The summed E-state index contributed by atoms with van der Waals surface area (Å²) in [5, 5.41) is -0.417. The van der Waals surface area contributed by atoms with Crippen LogP contribution in [0.4, 0.5) is 18.9 Å². The molecule has 0 radical (unpaired) electrons. The van der Waals surface area contributed by atoms with E-state index in [9.17, 15) is 30.0 Å². The smallest absolute Gasteiger partial charge is 0.416 e. The van der Waals surface area contributed by atoms with Crippen molar-refractivity contribution in [2.24, 2.45) is 0 Å². The fourth-order valence-corrected chi connectivity index (χ4v) is 6.56. The summed E-state index contributed by atoms with van der Waals surface area (Å²) < 4.78 is 99.3. The lowest BCUT2D eigenvalue weighted by Crippen LogP contribution is -2.35. The molecule has 1 fully saturated rings. The third kappa shape index (κ3) is 5.13. The van der Waals surface area contributed by atoms with Crippen LogP contribution in [0.15, 0.2) is 46.2 Å². The lowest BCUT2D eigenvalue weighted by Gasteiger charge is -2.26. The average Bonchev–Trinajstić information content (AvgIpc) is 2.73. The summed E-state index contributed by atoms with van der Waals surface area (Å²) in [4.78, 5) is -1.04. The number of nitrogens with one attached hydrogen (secondary N) is 1. The van der Waals surface area contributed by atoms with Crippen molar-refractivity contribution < 1.29 is 34.7 Å². The van der Waals surface area contributed by atoms with E-state index in [2.05, 4.69) is 4.72 Å². The number of sulfonamides is 2. The van der Waals surface area contributed by atoms with Crippen LogP contribution in [0.25, 0.3) is 0 Å². The molecule has 0 atom stereocenters. The summed E-state index contributed by atoms with van der Waals surface area (Å²) in [7, 11) is -7.27. The number of hydrogen-bond donors (Lipinski definition) is 1. The monoisotopic (exact) mass is 512 g/mol. The summed E-state index contributed by atoms with van der Waals surface area (Å²) in [5.41, 5.74) is -1.36. The second-order valence-corrected chi connectivity index (χ2v) is 11.0. The molecule has 1 heterocycles. The van der Waals surface area contributed by atoms with Crippen LogP contribution in [-0.2, 0) is 26.2 Å². The third-order valence-electron chi connectivity index (χ3n) is 4.90. The van der Waals surface area contributed by atoms with Gasteiger partial charge in [0.15, 0.2) is 0 Å². The highest BCUT2D eigenvalue weighted by molar-refractivity contribution is 7.93. The first-order valence-electron chi connectivity index (χ1n) is 9.44. The lowest BCUT2D eigenvalue weighted by atomic mass is 10.2. The molecule has 0 bridgehead atoms. The molecule has 32 heavy (non-hydrogen) atoms. The molecule has 0 unspecified atom stereocenters. The first-order chi connectivity index (χ1) is 14.9. The Hall–Kier alpha value is -2.02. The van der Waals surface area contributed by atoms with Gasteiger partial charge in [-0.2, -0.15) is 17.5 Å². The van der Waals surface area contributed by atoms with Gasteiger partial charge < -0.3 is 4.74 Å². The maximum absolute atomic E-state index is 13.1. The Kier molecular flexibility index (Phi) is 6.99. The van der Waals surface area contributed by atoms with Crippen molar-refractivity contribution >= 4 is 37.3 Å². The van der Waals surface area contributed by atoms with E-state index in [0.29, 0.717) is 38.1 Å². The minimum absolute atomic E-state index is 0.00984.